The molecule has 17 heavy (non-hydrogen) atoms. The molecule has 1 aromatic carbocycles. The first-order chi connectivity index (χ1) is 8.20. The van der Waals surface area contributed by atoms with E-state index in [2.05, 4.69) is 36.4 Å². The van der Waals surface area contributed by atoms with E-state index in [-0.39, 0.29) is 17.9 Å². The van der Waals surface area contributed by atoms with Gasteiger partial charge in [0, 0.05) is 4.47 Å². The largest absolute Gasteiger partial charge is 0.466 e. The number of nitrogens with zero attached hydrogens (tertiary/aromatic N) is 2. The summed E-state index contributed by atoms with van der Waals surface area (Å²) in [5.74, 6) is -0.0427. The molecule has 1 heterocycles. The van der Waals surface area contributed by atoms with Crippen molar-refractivity contribution in [2.24, 2.45) is 0 Å². The van der Waals surface area contributed by atoms with E-state index in [4.69, 9.17) is 4.74 Å². The van der Waals surface area contributed by atoms with E-state index in [0.29, 0.717) is 10.0 Å². The van der Waals surface area contributed by atoms with Gasteiger partial charge in [0.25, 0.3) is 5.91 Å². The summed E-state index contributed by atoms with van der Waals surface area (Å²) in [4.78, 5) is 15.8. The Bertz CT molecular complexity index is 541. The van der Waals surface area contributed by atoms with Gasteiger partial charge in [-0.25, -0.2) is 5.10 Å². The van der Waals surface area contributed by atoms with Crippen molar-refractivity contribution in [1.82, 2.24) is 15.2 Å². The van der Waals surface area contributed by atoms with Gasteiger partial charge in [0.05, 0.1) is 12.7 Å². The molecule has 0 bridgehead atoms. The van der Waals surface area contributed by atoms with Gasteiger partial charge in [-0.3, -0.25) is 10.1 Å². The van der Waals surface area contributed by atoms with Crippen molar-refractivity contribution in [2.75, 3.05) is 12.4 Å². The zero-order valence-electron chi connectivity index (χ0n) is 8.90. The average molecular weight is 297 g/mol. The van der Waals surface area contributed by atoms with E-state index in [9.17, 15) is 4.79 Å². The lowest BCUT2D eigenvalue weighted by molar-refractivity contribution is 0.102. The minimum Gasteiger partial charge on any atom is -0.466 e. The van der Waals surface area contributed by atoms with Crippen LogP contribution in [-0.4, -0.2) is 28.2 Å². The second-order valence-electron chi connectivity index (χ2n) is 3.10. The van der Waals surface area contributed by atoms with Crippen molar-refractivity contribution in [3.63, 3.8) is 0 Å². The Morgan fingerprint density at radius 1 is 1.47 bits per heavy atom. The quantitative estimate of drug-likeness (QED) is 0.905. The zero-order chi connectivity index (χ0) is 12.3. The lowest BCUT2D eigenvalue weighted by Crippen LogP contribution is -2.13. The molecule has 6 nitrogen and oxygen atoms in total. The number of carbonyl (C=O) groups is 1. The second-order valence-corrected chi connectivity index (χ2v) is 3.96. The SMILES string of the molecule is COc1n[nH]c(NC(=O)c2ccccc2Br)n1. The van der Waals surface area contributed by atoms with Gasteiger partial charge < -0.3 is 4.74 Å². The molecule has 0 spiro atoms. The first kappa shape index (κ1) is 11.6. The predicted octanol–water partition coefficient (Wildman–Crippen LogP) is 1.83. The highest BCUT2D eigenvalue weighted by atomic mass is 79.9. The number of rotatable bonds is 3. The Balaban J connectivity index is 2.14. The maximum atomic E-state index is 11.9. The number of anilines is 1. The molecule has 1 amide bonds. The number of hydrogen-bond acceptors (Lipinski definition) is 4. The molecule has 7 heteroatoms. The predicted molar refractivity (Wildman–Crippen MR) is 65.0 cm³/mol. The summed E-state index contributed by atoms with van der Waals surface area (Å²) in [5.41, 5.74) is 0.517. The van der Waals surface area contributed by atoms with Crippen LogP contribution in [0.15, 0.2) is 28.7 Å². The number of methoxy groups -OCH3 is 1. The number of hydrogen-bond donors (Lipinski definition) is 2. The van der Waals surface area contributed by atoms with Crippen LogP contribution in [0.4, 0.5) is 5.95 Å². The van der Waals surface area contributed by atoms with Crippen LogP contribution in [0.1, 0.15) is 10.4 Å². The summed E-state index contributed by atoms with van der Waals surface area (Å²) >= 11 is 3.30. The highest BCUT2D eigenvalue weighted by molar-refractivity contribution is 9.10. The molecular weight excluding hydrogens is 288 g/mol. The molecule has 0 aliphatic rings. The summed E-state index contributed by atoms with van der Waals surface area (Å²) in [7, 11) is 1.45. The third-order valence-corrected chi connectivity index (χ3v) is 2.69. The molecule has 1 aromatic heterocycles. The van der Waals surface area contributed by atoms with E-state index in [1.54, 1.807) is 18.2 Å². The fourth-order valence-corrected chi connectivity index (χ4v) is 1.68. The van der Waals surface area contributed by atoms with E-state index in [1.165, 1.54) is 7.11 Å². The molecular formula is C10H9BrN4O2. The Morgan fingerprint density at radius 2 is 2.24 bits per heavy atom. The van der Waals surface area contributed by atoms with Gasteiger partial charge in [-0.15, -0.1) is 5.10 Å². The summed E-state index contributed by atoms with van der Waals surface area (Å²) in [6, 6.07) is 7.27. The average Bonchev–Trinajstić information content (AvgIpc) is 2.77. The maximum Gasteiger partial charge on any atom is 0.336 e. The highest BCUT2D eigenvalue weighted by Crippen LogP contribution is 2.17. The van der Waals surface area contributed by atoms with E-state index >= 15 is 0 Å². The second kappa shape index (κ2) is 4.96. The number of aromatic amines is 1. The fourth-order valence-electron chi connectivity index (χ4n) is 1.21. The Kier molecular flexibility index (Phi) is 3.38. The third kappa shape index (κ3) is 2.62. The molecule has 0 atom stereocenters. The molecule has 0 aliphatic carbocycles. The number of amides is 1. The van der Waals surface area contributed by atoms with E-state index in [0.717, 1.165) is 0 Å². The maximum absolute atomic E-state index is 11.9. The number of ether oxygens (including phenoxy) is 1. The normalized spacial score (nSPS) is 10.0. The van der Waals surface area contributed by atoms with E-state index in [1.807, 2.05) is 6.07 Å². The molecule has 2 N–H and O–H groups in total. The zero-order valence-corrected chi connectivity index (χ0v) is 10.5. The molecule has 0 fully saturated rings. The van der Waals surface area contributed by atoms with Crippen LogP contribution in [0.3, 0.4) is 0 Å². The van der Waals surface area contributed by atoms with Crippen LogP contribution >= 0.6 is 15.9 Å². The van der Waals surface area contributed by atoms with Gasteiger partial charge in [-0.05, 0) is 28.1 Å². The minimum absolute atomic E-state index is 0.174. The van der Waals surface area contributed by atoms with Crippen molar-refractivity contribution in [1.29, 1.82) is 0 Å². The van der Waals surface area contributed by atoms with Crippen LogP contribution in [0.5, 0.6) is 6.01 Å². The number of nitrogens with one attached hydrogen (secondary N) is 2. The van der Waals surface area contributed by atoms with Gasteiger partial charge in [-0.2, -0.15) is 4.98 Å². The summed E-state index contributed by atoms with van der Waals surface area (Å²) in [6.45, 7) is 0. The molecule has 2 aromatic rings. The van der Waals surface area contributed by atoms with E-state index < -0.39 is 0 Å². The van der Waals surface area contributed by atoms with Crippen LogP contribution in [0.2, 0.25) is 0 Å². The van der Waals surface area contributed by atoms with Crippen molar-refractivity contribution in [3.8, 4) is 6.01 Å². The number of benzene rings is 1. The molecule has 2 rings (SSSR count). The number of halogens is 1. The lowest BCUT2D eigenvalue weighted by atomic mass is 10.2. The molecule has 0 radical (unpaired) electrons. The number of aromatic nitrogens is 3. The smallest absolute Gasteiger partial charge is 0.336 e. The molecule has 0 aliphatic heterocycles. The van der Waals surface area contributed by atoms with Gasteiger partial charge in [0.1, 0.15) is 0 Å². The van der Waals surface area contributed by atoms with Gasteiger partial charge in [0.2, 0.25) is 5.95 Å². The summed E-state index contributed by atoms with van der Waals surface area (Å²) < 4.78 is 5.50. The molecule has 88 valence electrons. The van der Waals surface area contributed by atoms with Crippen LogP contribution < -0.4 is 10.1 Å². The van der Waals surface area contributed by atoms with Crippen molar-refractivity contribution in [3.05, 3.63) is 34.3 Å². The Labute approximate surface area is 106 Å². The molecule has 0 unspecified atom stereocenters. The van der Waals surface area contributed by atoms with Crippen molar-refractivity contribution in [2.45, 2.75) is 0 Å². The van der Waals surface area contributed by atoms with Crippen molar-refractivity contribution >= 4 is 27.8 Å². The topological polar surface area (TPSA) is 79.9 Å². The number of carbonyl (C=O) groups excluding carboxylic acids is 1. The van der Waals surface area contributed by atoms with Crippen LogP contribution in [-0.2, 0) is 0 Å². The minimum atomic E-state index is -0.281. The fraction of sp³-hybridized carbons (Fsp3) is 0.100. The Hall–Kier alpha value is -1.89. The van der Waals surface area contributed by atoms with Crippen LogP contribution in [0, 0.1) is 0 Å². The molecule has 0 saturated heterocycles. The lowest BCUT2D eigenvalue weighted by Gasteiger charge is -2.02. The van der Waals surface area contributed by atoms with Gasteiger partial charge in [0.15, 0.2) is 0 Å². The third-order valence-electron chi connectivity index (χ3n) is 2.00. The Morgan fingerprint density at radius 3 is 2.88 bits per heavy atom. The van der Waals surface area contributed by atoms with Gasteiger partial charge >= 0.3 is 6.01 Å². The monoisotopic (exact) mass is 296 g/mol. The summed E-state index contributed by atoms with van der Waals surface area (Å²) in [5, 5.41) is 8.84. The standard InChI is InChI=1S/C10H9BrN4O2/c1-17-10-13-9(14-15-10)12-8(16)6-4-2-3-5-7(6)11/h2-5H,1H3,(H2,12,13,14,15,16). The van der Waals surface area contributed by atoms with Gasteiger partial charge in [-0.1, -0.05) is 12.1 Å². The van der Waals surface area contributed by atoms with Crippen molar-refractivity contribution < 1.29 is 9.53 Å². The first-order valence-electron chi connectivity index (χ1n) is 4.73. The summed E-state index contributed by atoms with van der Waals surface area (Å²) in [6.07, 6.45) is 0. The molecule has 0 saturated carbocycles. The van der Waals surface area contributed by atoms with Crippen LogP contribution in [0.25, 0.3) is 0 Å². The number of H-pyrrole nitrogens is 1. The highest BCUT2D eigenvalue weighted by Gasteiger charge is 2.11. The first-order valence-corrected chi connectivity index (χ1v) is 5.52.